The lowest BCUT2D eigenvalue weighted by atomic mass is 9.89. The third-order valence-corrected chi connectivity index (χ3v) is 4.62. The molecule has 0 amide bonds. The van der Waals surface area contributed by atoms with Gasteiger partial charge in [-0.15, -0.1) is 0 Å². The van der Waals surface area contributed by atoms with Crippen LogP contribution in [0, 0.1) is 19.8 Å². The van der Waals surface area contributed by atoms with Gasteiger partial charge in [0.2, 0.25) is 0 Å². The number of aromatic nitrogens is 3. The van der Waals surface area contributed by atoms with Crippen LogP contribution in [0.15, 0.2) is 11.0 Å². The number of nitrogens with zero attached hydrogens (tertiary/aromatic N) is 2. The maximum absolute atomic E-state index is 12.1. The highest BCUT2D eigenvalue weighted by molar-refractivity contribution is 5.83. The van der Waals surface area contributed by atoms with Crippen molar-refractivity contribution in [2.24, 2.45) is 5.92 Å². The lowest BCUT2D eigenvalue weighted by Crippen LogP contribution is -2.18. The van der Waals surface area contributed by atoms with Gasteiger partial charge in [-0.3, -0.25) is 4.79 Å². The number of nitrogens with one attached hydrogen (secondary N) is 1. The van der Waals surface area contributed by atoms with E-state index in [2.05, 4.69) is 28.6 Å². The monoisotopic (exact) mass is 259 g/mol. The number of fused-ring (bicyclic) bond motifs is 1. The summed E-state index contributed by atoms with van der Waals surface area (Å²) in [7, 11) is 0. The van der Waals surface area contributed by atoms with Crippen LogP contribution in [0.2, 0.25) is 0 Å². The second-order valence-corrected chi connectivity index (χ2v) is 5.79. The second-order valence-electron chi connectivity index (χ2n) is 5.79. The molecule has 0 saturated heterocycles. The van der Waals surface area contributed by atoms with Gasteiger partial charge >= 0.3 is 0 Å². The Bertz CT molecular complexity index is 647. The van der Waals surface area contributed by atoms with Gasteiger partial charge < -0.3 is 4.57 Å². The Hall–Kier alpha value is -1.58. The fraction of sp³-hybridized carbons (Fsp3) is 0.600. The molecule has 0 aliphatic heterocycles. The minimum Gasteiger partial charge on any atom is -0.340 e. The molecule has 1 aliphatic carbocycles. The van der Waals surface area contributed by atoms with Gasteiger partial charge in [-0.1, -0.05) is 19.3 Å². The molecule has 0 spiro atoms. The lowest BCUT2D eigenvalue weighted by molar-refractivity contribution is 0.320. The molecule has 1 N–H and O–H groups in total. The number of aryl methyl sites for hydroxylation is 1. The molecule has 1 aliphatic rings. The van der Waals surface area contributed by atoms with Gasteiger partial charge in [0.25, 0.3) is 5.56 Å². The van der Waals surface area contributed by atoms with Crippen LogP contribution in [0.4, 0.5) is 0 Å². The predicted octanol–water partition coefficient (Wildman–Crippen LogP) is 2.92. The van der Waals surface area contributed by atoms with Crippen molar-refractivity contribution in [3.63, 3.8) is 0 Å². The molecule has 3 rings (SSSR count). The van der Waals surface area contributed by atoms with Gasteiger partial charge in [-0.25, -0.2) is 5.10 Å². The summed E-state index contributed by atoms with van der Waals surface area (Å²) >= 11 is 0. The van der Waals surface area contributed by atoms with Crippen molar-refractivity contribution in [2.45, 2.75) is 52.5 Å². The quantitative estimate of drug-likeness (QED) is 0.901. The maximum atomic E-state index is 12.1. The maximum Gasteiger partial charge on any atom is 0.288 e. The third kappa shape index (κ3) is 2.09. The van der Waals surface area contributed by atoms with E-state index in [4.69, 9.17) is 0 Å². The minimum absolute atomic E-state index is 0.0653. The Kier molecular flexibility index (Phi) is 3.17. The van der Waals surface area contributed by atoms with E-state index in [0.717, 1.165) is 23.4 Å². The summed E-state index contributed by atoms with van der Waals surface area (Å²) in [6, 6.07) is 0. The summed E-state index contributed by atoms with van der Waals surface area (Å²) < 4.78 is 2.21. The lowest BCUT2D eigenvalue weighted by Gasteiger charge is -2.23. The van der Waals surface area contributed by atoms with Crippen LogP contribution >= 0.6 is 0 Å². The summed E-state index contributed by atoms with van der Waals surface area (Å²) in [6.07, 6.45) is 8.39. The van der Waals surface area contributed by atoms with E-state index in [1.165, 1.54) is 43.4 Å². The highest BCUT2D eigenvalue weighted by Crippen LogP contribution is 2.28. The number of rotatable bonds is 2. The summed E-state index contributed by atoms with van der Waals surface area (Å²) in [5.41, 5.74) is 3.13. The third-order valence-electron chi connectivity index (χ3n) is 4.62. The summed E-state index contributed by atoms with van der Waals surface area (Å²) in [5.74, 6) is 0.718. The van der Waals surface area contributed by atoms with Gasteiger partial charge in [0.1, 0.15) is 5.52 Å². The molecular weight excluding hydrogens is 238 g/mol. The summed E-state index contributed by atoms with van der Waals surface area (Å²) in [5, 5.41) is 7.49. The van der Waals surface area contributed by atoms with Gasteiger partial charge in [0.05, 0.1) is 6.20 Å². The molecular formula is C15H21N3O. The van der Waals surface area contributed by atoms with E-state index < -0.39 is 0 Å². The van der Waals surface area contributed by atoms with Crippen LogP contribution in [-0.4, -0.2) is 14.8 Å². The van der Waals surface area contributed by atoms with E-state index in [1.54, 1.807) is 6.20 Å². The largest absolute Gasteiger partial charge is 0.340 e. The molecule has 4 nitrogen and oxygen atoms in total. The molecule has 2 aromatic rings. The fourth-order valence-corrected chi connectivity index (χ4v) is 3.36. The standard InChI is InChI=1S/C15H21N3O/c1-10-11(2)18(9-12-6-4-3-5-7-12)14-13(10)8-16-17-15(14)19/h8,12H,3-7,9H2,1-2H3,(H,17,19). The number of aromatic amines is 1. The first-order chi connectivity index (χ1) is 9.18. The van der Waals surface area contributed by atoms with Crippen LogP contribution in [0.25, 0.3) is 10.9 Å². The molecule has 4 heteroatoms. The number of hydrogen-bond donors (Lipinski definition) is 1. The Morgan fingerprint density at radius 1 is 1.32 bits per heavy atom. The van der Waals surface area contributed by atoms with Crippen molar-refractivity contribution in [2.75, 3.05) is 0 Å². The van der Waals surface area contributed by atoms with Crippen LogP contribution in [0.5, 0.6) is 0 Å². The Morgan fingerprint density at radius 2 is 2.05 bits per heavy atom. The van der Waals surface area contributed by atoms with E-state index >= 15 is 0 Å². The molecule has 1 fully saturated rings. The van der Waals surface area contributed by atoms with Crippen molar-refractivity contribution < 1.29 is 0 Å². The fourth-order valence-electron chi connectivity index (χ4n) is 3.36. The molecule has 1 saturated carbocycles. The smallest absolute Gasteiger partial charge is 0.288 e. The van der Waals surface area contributed by atoms with Gasteiger partial charge in [-0.05, 0) is 38.2 Å². The zero-order chi connectivity index (χ0) is 13.4. The summed E-state index contributed by atoms with van der Waals surface area (Å²) in [6.45, 7) is 5.16. The number of hydrogen-bond acceptors (Lipinski definition) is 2. The Morgan fingerprint density at radius 3 is 2.79 bits per heavy atom. The predicted molar refractivity (Wildman–Crippen MR) is 76.4 cm³/mol. The van der Waals surface area contributed by atoms with E-state index in [-0.39, 0.29) is 5.56 Å². The van der Waals surface area contributed by atoms with Crippen molar-refractivity contribution in [1.82, 2.24) is 14.8 Å². The minimum atomic E-state index is -0.0653. The first kappa shape index (κ1) is 12.5. The first-order valence-corrected chi connectivity index (χ1v) is 7.21. The summed E-state index contributed by atoms with van der Waals surface area (Å²) in [4.78, 5) is 12.1. The molecule has 0 unspecified atom stereocenters. The van der Waals surface area contributed by atoms with Gasteiger partial charge in [-0.2, -0.15) is 5.10 Å². The van der Waals surface area contributed by atoms with Crippen LogP contribution in [0.3, 0.4) is 0 Å². The van der Waals surface area contributed by atoms with Gasteiger partial charge in [0.15, 0.2) is 0 Å². The molecule has 102 valence electrons. The molecule has 0 atom stereocenters. The molecule has 0 radical (unpaired) electrons. The molecule has 2 heterocycles. The molecule has 2 aromatic heterocycles. The van der Waals surface area contributed by atoms with Crippen molar-refractivity contribution in [1.29, 1.82) is 0 Å². The number of H-pyrrole nitrogens is 1. The van der Waals surface area contributed by atoms with Crippen LogP contribution in [-0.2, 0) is 6.54 Å². The normalized spacial score (nSPS) is 17.2. The highest BCUT2D eigenvalue weighted by Gasteiger charge is 2.19. The van der Waals surface area contributed by atoms with Crippen molar-refractivity contribution in [3.8, 4) is 0 Å². The molecule has 0 aromatic carbocycles. The zero-order valence-corrected chi connectivity index (χ0v) is 11.7. The Balaban J connectivity index is 2.07. The first-order valence-electron chi connectivity index (χ1n) is 7.21. The van der Waals surface area contributed by atoms with Crippen molar-refractivity contribution >= 4 is 10.9 Å². The Labute approximate surface area is 112 Å². The average Bonchev–Trinajstić information content (AvgIpc) is 2.67. The van der Waals surface area contributed by atoms with Crippen LogP contribution in [0.1, 0.15) is 43.4 Å². The molecule has 19 heavy (non-hydrogen) atoms. The SMILES string of the molecule is Cc1c(C)n(CC2CCCCC2)c2c(=O)[nH]ncc12. The van der Waals surface area contributed by atoms with Crippen molar-refractivity contribution in [3.05, 3.63) is 27.8 Å². The van der Waals surface area contributed by atoms with E-state index in [0.29, 0.717) is 0 Å². The van der Waals surface area contributed by atoms with Crippen LogP contribution < -0.4 is 5.56 Å². The van der Waals surface area contributed by atoms with E-state index in [9.17, 15) is 4.79 Å². The van der Waals surface area contributed by atoms with Gasteiger partial charge in [0, 0.05) is 17.6 Å². The average molecular weight is 259 g/mol. The topological polar surface area (TPSA) is 50.7 Å². The highest BCUT2D eigenvalue weighted by atomic mass is 16.1. The second kappa shape index (κ2) is 4.83. The van der Waals surface area contributed by atoms with E-state index in [1.807, 2.05) is 0 Å². The molecule has 0 bridgehead atoms. The zero-order valence-electron chi connectivity index (χ0n) is 11.7.